The van der Waals surface area contributed by atoms with Crippen LogP contribution in [0.3, 0.4) is 0 Å². The van der Waals surface area contributed by atoms with Gasteiger partial charge in [-0.2, -0.15) is 0 Å². The number of rotatable bonds is 5. The first kappa shape index (κ1) is 22.0. The number of halogens is 1. The molecule has 7 nitrogen and oxygen atoms in total. The van der Waals surface area contributed by atoms with Gasteiger partial charge in [-0.05, 0) is 54.1 Å². The number of aliphatic hydroxyl groups excluding tert-OH is 1. The Labute approximate surface area is 190 Å². The van der Waals surface area contributed by atoms with Gasteiger partial charge in [0, 0.05) is 37.9 Å². The molecule has 2 heterocycles. The zero-order chi connectivity index (χ0) is 23.7. The van der Waals surface area contributed by atoms with Gasteiger partial charge >= 0.3 is 0 Å². The van der Waals surface area contributed by atoms with Crippen LogP contribution in [-0.2, 0) is 9.59 Å². The monoisotopic (exact) mass is 447 g/mol. The summed E-state index contributed by atoms with van der Waals surface area (Å²) < 4.78 is 19.2. The van der Waals surface area contributed by atoms with E-state index in [4.69, 9.17) is 4.74 Å². The molecule has 2 aromatic carbocycles. The maximum absolute atomic E-state index is 14.0. The van der Waals surface area contributed by atoms with E-state index < -0.39 is 29.3 Å². The summed E-state index contributed by atoms with van der Waals surface area (Å²) in [6, 6.07) is 13.1. The number of nitrogens with zero attached hydrogens (tertiary/aromatic N) is 3. The van der Waals surface area contributed by atoms with E-state index in [1.807, 2.05) is 31.1 Å². The number of amides is 1. The van der Waals surface area contributed by atoms with Gasteiger partial charge in [0.1, 0.15) is 17.3 Å². The van der Waals surface area contributed by atoms with Crippen LogP contribution in [0.5, 0.6) is 5.75 Å². The van der Waals surface area contributed by atoms with Crippen LogP contribution in [-0.4, -0.2) is 43.0 Å². The quantitative estimate of drug-likeness (QED) is 0.363. The summed E-state index contributed by atoms with van der Waals surface area (Å²) in [5.74, 6) is -2.67. The first-order valence-corrected chi connectivity index (χ1v) is 10.2. The van der Waals surface area contributed by atoms with Gasteiger partial charge in [0.05, 0.1) is 24.3 Å². The maximum atomic E-state index is 14.0. The van der Waals surface area contributed by atoms with Crippen molar-refractivity contribution in [2.45, 2.75) is 6.04 Å². The molecule has 0 spiro atoms. The van der Waals surface area contributed by atoms with Crippen molar-refractivity contribution in [1.82, 2.24) is 4.98 Å². The molecule has 0 saturated carbocycles. The van der Waals surface area contributed by atoms with E-state index in [2.05, 4.69) is 4.98 Å². The van der Waals surface area contributed by atoms with E-state index in [-0.39, 0.29) is 16.9 Å². The number of ketones is 1. The molecule has 1 saturated heterocycles. The van der Waals surface area contributed by atoms with Gasteiger partial charge in [-0.1, -0.05) is 6.07 Å². The number of aliphatic hydroxyl groups is 1. The van der Waals surface area contributed by atoms with Crippen molar-refractivity contribution in [1.29, 1.82) is 0 Å². The van der Waals surface area contributed by atoms with Crippen molar-refractivity contribution in [3.05, 3.63) is 89.5 Å². The Morgan fingerprint density at radius 1 is 1.12 bits per heavy atom. The van der Waals surface area contributed by atoms with E-state index in [0.717, 1.165) is 11.8 Å². The molecule has 1 fully saturated rings. The Morgan fingerprint density at radius 2 is 1.85 bits per heavy atom. The Kier molecular flexibility index (Phi) is 5.83. The molecule has 168 valence electrons. The summed E-state index contributed by atoms with van der Waals surface area (Å²) in [6.07, 6.45) is 3.09. The molecule has 1 N–H and O–H groups in total. The van der Waals surface area contributed by atoms with Crippen molar-refractivity contribution in [2.75, 3.05) is 31.0 Å². The number of hydrogen-bond acceptors (Lipinski definition) is 6. The molecule has 3 aromatic rings. The fourth-order valence-electron chi connectivity index (χ4n) is 3.87. The van der Waals surface area contributed by atoms with Crippen molar-refractivity contribution in [3.8, 4) is 5.75 Å². The van der Waals surface area contributed by atoms with E-state index in [1.165, 1.54) is 30.3 Å². The minimum atomic E-state index is -0.961. The highest BCUT2D eigenvalue weighted by molar-refractivity contribution is 6.51. The summed E-state index contributed by atoms with van der Waals surface area (Å²) in [5.41, 5.74) is 1.71. The number of methoxy groups -OCH3 is 1. The lowest BCUT2D eigenvalue weighted by Gasteiger charge is -2.26. The topological polar surface area (TPSA) is 83.0 Å². The van der Waals surface area contributed by atoms with E-state index in [9.17, 15) is 19.1 Å². The molecule has 0 bridgehead atoms. The zero-order valence-corrected chi connectivity index (χ0v) is 18.3. The second-order valence-corrected chi connectivity index (χ2v) is 7.71. The summed E-state index contributed by atoms with van der Waals surface area (Å²) >= 11 is 0. The first-order chi connectivity index (χ1) is 15.8. The van der Waals surface area contributed by atoms with Gasteiger partial charge in [0.25, 0.3) is 11.7 Å². The molecule has 1 amide bonds. The second-order valence-electron chi connectivity index (χ2n) is 7.71. The van der Waals surface area contributed by atoms with Crippen molar-refractivity contribution in [3.63, 3.8) is 0 Å². The summed E-state index contributed by atoms with van der Waals surface area (Å²) in [6.45, 7) is 0. The largest absolute Gasteiger partial charge is 0.507 e. The average Bonchev–Trinajstić information content (AvgIpc) is 3.09. The first-order valence-electron chi connectivity index (χ1n) is 10.2. The summed E-state index contributed by atoms with van der Waals surface area (Å²) in [4.78, 5) is 33.7. The predicted octanol–water partition coefficient (Wildman–Crippen LogP) is 3.92. The number of pyridine rings is 1. The maximum Gasteiger partial charge on any atom is 0.300 e. The SMILES string of the molecule is COc1ccc(F)cc1/C(O)=C1\C(=O)C(=O)N(c2ccc(N(C)C)cc2)C1c1cccnc1. The van der Waals surface area contributed by atoms with Gasteiger partial charge in [0.15, 0.2) is 0 Å². The molecule has 8 heteroatoms. The lowest BCUT2D eigenvalue weighted by Crippen LogP contribution is -2.29. The van der Waals surface area contributed by atoms with Gasteiger partial charge in [0.2, 0.25) is 0 Å². The molecule has 0 aliphatic carbocycles. The number of benzene rings is 2. The normalized spacial score (nSPS) is 17.3. The number of carbonyl (C=O) groups excluding carboxylic acids is 2. The highest BCUT2D eigenvalue weighted by Crippen LogP contribution is 2.43. The van der Waals surface area contributed by atoms with Crippen LogP contribution in [0.4, 0.5) is 15.8 Å². The standard InChI is InChI=1S/C25H22FN3O4/c1-28(2)17-7-9-18(10-8-17)29-22(15-5-4-12-27-14-15)21(24(31)25(29)32)23(30)19-13-16(26)6-11-20(19)33-3/h4-14,22,30H,1-3H3/b23-21+. The Hall–Kier alpha value is -4.20. The van der Waals surface area contributed by atoms with Crippen LogP contribution in [0.15, 0.2) is 72.6 Å². The van der Waals surface area contributed by atoms with Crippen LogP contribution in [0.1, 0.15) is 17.2 Å². The van der Waals surface area contributed by atoms with E-state index in [1.54, 1.807) is 30.5 Å². The van der Waals surface area contributed by atoms with Crippen LogP contribution >= 0.6 is 0 Å². The Bertz CT molecular complexity index is 1240. The smallest absolute Gasteiger partial charge is 0.300 e. The fourth-order valence-corrected chi connectivity index (χ4v) is 3.87. The molecular formula is C25H22FN3O4. The fraction of sp³-hybridized carbons (Fsp3) is 0.160. The number of carbonyl (C=O) groups is 2. The van der Waals surface area contributed by atoms with Gasteiger partial charge in [-0.15, -0.1) is 0 Å². The highest BCUT2D eigenvalue weighted by Gasteiger charge is 2.47. The van der Waals surface area contributed by atoms with E-state index >= 15 is 0 Å². The minimum absolute atomic E-state index is 0.0210. The molecule has 1 aromatic heterocycles. The lowest BCUT2D eigenvalue weighted by molar-refractivity contribution is -0.132. The average molecular weight is 447 g/mol. The third kappa shape index (κ3) is 3.91. The Morgan fingerprint density at radius 3 is 2.45 bits per heavy atom. The number of anilines is 2. The molecule has 33 heavy (non-hydrogen) atoms. The second kappa shape index (κ2) is 8.74. The molecular weight excluding hydrogens is 425 g/mol. The van der Waals surface area contributed by atoms with Gasteiger partial charge in [-0.25, -0.2) is 4.39 Å². The lowest BCUT2D eigenvalue weighted by atomic mass is 9.95. The van der Waals surface area contributed by atoms with Crippen LogP contribution in [0.2, 0.25) is 0 Å². The number of Topliss-reactive ketones (excluding diaryl/α,β-unsaturated/α-hetero) is 1. The highest BCUT2D eigenvalue weighted by atomic mass is 19.1. The van der Waals surface area contributed by atoms with Crippen molar-refractivity contribution < 1.29 is 23.8 Å². The van der Waals surface area contributed by atoms with Crippen molar-refractivity contribution >= 4 is 28.8 Å². The molecule has 0 radical (unpaired) electrons. The molecule has 1 aliphatic heterocycles. The van der Waals surface area contributed by atoms with Gasteiger partial charge < -0.3 is 14.7 Å². The molecule has 1 aliphatic rings. The van der Waals surface area contributed by atoms with Crippen LogP contribution < -0.4 is 14.5 Å². The molecule has 1 unspecified atom stereocenters. The Balaban J connectivity index is 1.94. The van der Waals surface area contributed by atoms with E-state index in [0.29, 0.717) is 11.3 Å². The minimum Gasteiger partial charge on any atom is -0.507 e. The molecule has 4 rings (SSSR count). The van der Waals surface area contributed by atoms with Crippen LogP contribution in [0.25, 0.3) is 5.76 Å². The summed E-state index contributed by atoms with van der Waals surface area (Å²) in [7, 11) is 5.15. The third-order valence-electron chi connectivity index (χ3n) is 5.51. The number of ether oxygens (including phenoxy) is 1. The predicted molar refractivity (Wildman–Crippen MR) is 123 cm³/mol. The third-order valence-corrected chi connectivity index (χ3v) is 5.51. The summed E-state index contributed by atoms with van der Waals surface area (Å²) in [5, 5.41) is 11.2. The van der Waals surface area contributed by atoms with Gasteiger partial charge in [-0.3, -0.25) is 19.5 Å². The van der Waals surface area contributed by atoms with Crippen molar-refractivity contribution in [2.24, 2.45) is 0 Å². The van der Waals surface area contributed by atoms with Crippen LogP contribution in [0, 0.1) is 5.82 Å². The zero-order valence-electron chi connectivity index (χ0n) is 18.3. The number of hydrogen-bond donors (Lipinski definition) is 1. The number of aromatic nitrogens is 1. The molecule has 1 atom stereocenters.